The van der Waals surface area contributed by atoms with Gasteiger partial charge in [0.2, 0.25) is 0 Å². The zero-order valence-electron chi connectivity index (χ0n) is 15.5. The molecule has 0 saturated heterocycles. The number of fused-ring (bicyclic) bond motifs is 1. The first-order valence-electron chi connectivity index (χ1n) is 9.08. The van der Waals surface area contributed by atoms with Crippen LogP contribution in [-0.2, 0) is 16.0 Å². The molecule has 2 rings (SSSR count). The van der Waals surface area contributed by atoms with Crippen LogP contribution in [0.15, 0.2) is 18.2 Å². The maximum Gasteiger partial charge on any atom is 0.127 e. The van der Waals surface area contributed by atoms with E-state index in [1.165, 1.54) is 24.8 Å². The van der Waals surface area contributed by atoms with Crippen molar-refractivity contribution >= 4 is 6.29 Å². The first-order valence-corrected chi connectivity index (χ1v) is 9.08. The lowest BCUT2D eigenvalue weighted by atomic mass is 9.88. The summed E-state index contributed by atoms with van der Waals surface area (Å²) in [5, 5.41) is 8.99. The molecule has 1 aliphatic rings. The number of benzene rings is 1. The van der Waals surface area contributed by atoms with Gasteiger partial charge < -0.3 is 9.53 Å². The van der Waals surface area contributed by atoms with Gasteiger partial charge in [-0.3, -0.25) is 0 Å². The van der Waals surface area contributed by atoms with E-state index in [0.717, 1.165) is 37.2 Å². The molecule has 3 heteroatoms. The number of carbonyl (C=O) groups excluding carboxylic acids is 1. The van der Waals surface area contributed by atoms with E-state index in [2.05, 4.69) is 24.7 Å². The number of nitrogens with zero attached hydrogens (tertiary/aromatic N) is 1. The zero-order chi connectivity index (χ0) is 17.9. The highest BCUT2D eigenvalue weighted by Gasteiger charge is 2.31. The molecule has 0 saturated carbocycles. The normalized spacial score (nSPS) is 19.6. The summed E-state index contributed by atoms with van der Waals surface area (Å²) in [6.07, 6.45) is 6.87. The highest BCUT2D eigenvalue weighted by molar-refractivity contribution is 5.66. The molecular formula is C21H31NO2. The van der Waals surface area contributed by atoms with E-state index in [-0.39, 0.29) is 5.92 Å². The minimum absolute atomic E-state index is 0.00441. The first kappa shape index (κ1) is 20.4. The number of aldehydes is 1. The zero-order valence-corrected chi connectivity index (χ0v) is 15.5. The number of methoxy groups -OCH3 is 1. The molecule has 0 radical (unpaired) electrons. The second-order valence-electron chi connectivity index (χ2n) is 6.67. The first-order chi connectivity index (χ1) is 11.6. The van der Waals surface area contributed by atoms with Crippen LogP contribution in [0, 0.1) is 23.2 Å². The highest BCUT2D eigenvalue weighted by Crippen LogP contribution is 2.40. The molecule has 1 unspecified atom stereocenters. The van der Waals surface area contributed by atoms with E-state index in [0.29, 0.717) is 11.5 Å². The van der Waals surface area contributed by atoms with Crippen molar-refractivity contribution in [3.8, 4) is 6.07 Å². The van der Waals surface area contributed by atoms with Crippen LogP contribution in [-0.4, -0.2) is 20.0 Å². The molecule has 132 valence electrons. The standard InChI is InChI=1S/C18H23NO.C3H8O/c1-3-13(2)5-4-6-15-10-16-8-7-14(11-19)9-17(16)18(15)12-20;1-3-4-2/h7-9,12-13,15,18H,3-6,10H2,1-2H3;3H2,1-2H3/t13-,15-,18?;/m0./s1. The number of hydrogen-bond donors (Lipinski definition) is 0. The summed E-state index contributed by atoms with van der Waals surface area (Å²) < 4.78 is 4.54. The second kappa shape index (κ2) is 11.0. The summed E-state index contributed by atoms with van der Waals surface area (Å²) >= 11 is 0. The van der Waals surface area contributed by atoms with E-state index in [1.807, 2.05) is 25.1 Å². The Kier molecular flexibility index (Phi) is 9.34. The lowest BCUT2D eigenvalue weighted by Gasteiger charge is -2.16. The van der Waals surface area contributed by atoms with Crippen LogP contribution in [0.25, 0.3) is 0 Å². The Morgan fingerprint density at radius 1 is 1.42 bits per heavy atom. The minimum Gasteiger partial charge on any atom is -0.385 e. The Morgan fingerprint density at radius 2 is 2.12 bits per heavy atom. The average Bonchev–Trinajstić information content (AvgIpc) is 2.97. The quantitative estimate of drug-likeness (QED) is 0.670. The van der Waals surface area contributed by atoms with Crippen molar-refractivity contribution in [1.29, 1.82) is 5.26 Å². The van der Waals surface area contributed by atoms with E-state index >= 15 is 0 Å². The third-order valence-corrected chi connectivity index (χ3v) is 5.03. The van der Waals surface area contributed by atoms with Crippen molar-refractivity contribution < 1.29 is 9.53 Å². The van der Waals surface area contributed by atoms with E-state index < -0.39 is 0 Å². The van der Waals surface area contributed by atoms with Crippen molar-refractivity contribution in [3.63, 3.8) is 0 Å². The summed E-state index contributed by atoms with van der Waals surface area (Å²) in [5.74, 6) is 1.20. The van der Waals surface area contributed by atoms with Gasteiger partial charge in [0.1, 0.15) is 6.29 Å². The molecule has 0 aromatic heterocycles. The van der Waals surface area contributed by atoms with Crippen molar-refractivity contribution in [2.45, 2.75) is 58.8 Å². The van der Waals surface area contributed by atoms with Crippen LogP contribution in [0.5, 0.6) is 0 Å². The van der Waals surface area contributed by atoms with E-state index in [1.54, 1.807) is 7.11 Å². The molecule has 0 spiro atoms. The van der Waals surface area contributed by atoms with Gasteiger partial charge in [0.05, 0.1) is 11.6 Å². The van der Waals surface area contributed by atoms with Gasteiger partial charge in [0.15, 0.2) is 0 Å². The van der Waals surface area contributed by atoms with Gasteiger partial charge in [0.25, 0.3) is 0 Å². The van der Waals surface area contributed by atoms with Gasteiger partial charge in [-0.05, 0) is 54.9 Å². The SMILES string of the molecule is CCOC.CC[C@H](C)CCC[C@H]1Cc2ccc(C#N)cc2C1C=O. The second-order valence-corrected chi connectivity index (χ2v) is 6.67. The van der Waals surface area contributed by atoms with Crippen LogP contribution in [0.2, 0.25) is 0 Å². The molecule has 0 amide bonds. The summed E-state index contributed by atoms with van der Waals surface area (Å²) in [4.78, 5) is 11.5. The maximum absolute atomic E-state index is 11.5. The van der Waals surface area contributed by atoms with Gasteiger partial charge in [-0.2, -0.15) is 5.26 Å². The summed E-state index contributed by atoms with van der Waals surface area (Å²) in [7, 11) is 1.68. The average molecular weight is 329 g/mol. The van der Waals surface area contributed by atoms with Crippen molar-refractivity contribution in [2.24, 2.45) is 11.8 Å². The molecule has 0 bridgehead atoms. The van der Waals surface area contributed by atoms with E-state index in [9.17, 15) is 4.79 Å². The molecule has 1 aromatic rings. The maximum atomic E-state index is 11.5. The van der Waals surface area contributed by atoms with Crippen LogP contribution in [0.3, 0.4) is 0 Å². The molecule has 0 heterocycles. The van der Waals surface area contributed by atoms with Crippen molar-refractivity contribution in [1.82, 2.24) is 0 Å². The monoisotopic (exact) mass is 329 g/mol. The molecule has 1 aliphatic carbocycles. The lowest BCUT2D eigenvalue weighted by molar-refractivity contribution is -0.109. The molecular weight excluding hydrogens is 298 g/mol. The van der Waals surface area contributed by atoms with Gasteiger partial charge >= 0.3 is 0 Å². The van der Waals surface area contributed by atoms with Gasteiger partial charge in [-0.1, -0.05) is 39.2 Å². The number of nitriles is 1. The molecule has 0 N–H and O–H groups in total. The summed E-state index contributed by atoms with van der Waals surface area (Å²) in [6.45, 7) is 7.30. The van der Waals surface area contributed by atoms with Gasteiger partial charge in [-0.15, -0.1) is 0 Å². The third-order valence-electron chi connectivity index (χ3n) is 5.03. The third kappa shape index (κ3) is 5.76. The van der Waals surface area contributed by atoms with Crippen molar-refractivity contribution in [3.05, 3.63) is 34.9 Å². The fourth-order valence-corrected chi connectivity index (χ4v) is 3.22. The van der Waals surface area contributed by atoms with Crippen LogP contribution in [0.1, 0.15) is 69.1 Å². The molecule has 0 fully saturated rings. The summed E-state index contributed by atoms with van der Waals surface area (Å²) in [5.41, 5.74) is 3.01. The van der Waals surface area contributed by atoms with Crippen LogP contribution < -0.4 is 0 Å². The number of ether oxygens (including phenoxy) is 1. The van der Waals surface area contributed by atoms with Gasteiger partial charge in [-0.25, -0.2) is 0 Å². The Balaban J connectivity index is 0.000000648. The number of carbonyl (C=O) groups is 1. The Bertz CT molecular complexity index is 545. The lowest BCUT2D eigenvalue weighted by Crippen LogP contribution is -2.09. The molecule has 0 aliphatic heterocycles. The van der Waals surface area contributed by atoms with E-state index in [4.69, 9.17) is 5.26 Å². The molecule has 24 heavy (non-hydrogen) atoms. The predicted molar refractivity (Wildman–Crippen MR) is 98.0 cm³/mol. The van der Waals surface area contributed by atoms with Crippen LogP contribution in [0.4, 0.5) is 0 Å². The fourth-order valence-electron chi connectivity index (χ4n) is 3.22. The highest BCUT2D eigenvalue weighted by atomic mass is 16.5. The summed E-state index contributed by atoms with van der Waals surface area (Å²) in [6, 6.07) is 7.96. The Labute approximate surface area is 147 Å². The largest absolute Gasteiger partial charge is 0.385 e. The smallest absolute Gasteiger partial charge is 0.127 e. The Morgan fingerprint density at radius 3 is 2.67 bits per heavy atom. The number of hydrogen-bond acceptors (Lipinski definition) is 3. The van der Waals surface area contributed by atoms with Crippen molar-refractivity contribution in [2.75, 3.05) is 13.7 Å². The molecule has 3 nitrogen and oxygen atoms in total. The van der Waals surface area contributed by atoms with Crippen LogP contribution >= 0.6 is 0 Å². The topological polar surface area (TPSA) is 50.1 Å². The fraction of sp³-hybridized carbons (Fsp3) is 0.619. The predicted octanol–water partition coefficient (Wildman–Crippen LogP) is 4.88. The number of rotatable bonds is 7. The molecule has 1 aromatic carbocycles. The minimum atomic E-state index is -0.00441. The Hall–Kier alpha value is -1.66. The van der Waals surface area contributed by atoms with Gasteiger partial charge in [0, 0.05) is 19.6 Å². The molecule has 3 atom stereocenters.